The minimum atomic E-state index is -0.867. The molecule has 0 spiro atoms. The van der Waals surface area contributed by atoms with Gasteiger partial charge in [0.2, 0.25) is 11.7 Å². The lowest BCUT2D eigenvalue weighted by molar-refractivity contribution is -0.120. The number of aryl methyl sites for hydroxylation is 1. The van der Waals surface area contributed by atoms with Crippen LogP contribution < -0.4 is 10.6 Å². The standard InChI is InChI=1S/C25H20F2N4O3S2/c26-17-7-4-15(5-8-17)6-9-19(22(33)25-28-10-11-35-25)31-21(32)14-29-23(34)20-13-30-24(36-20)16-2-1-3-18(27)12-16/h1-5,7-8,10-13,19H,6,9,14H2,(H,29,34)(H,31,32). The van der Waals surface area contributed by atoms with E-state index >= 15 is 0 Å². The molecule has 184 valence electrons. The van der Waals surface area contributed by atoms with Crippen molar-refractivity contribution in [2.75, 3.05) is 6.54 Å². The lowest BCUT2D eigenvalue weighted by Crippen LogP contribution is -2.45. The van der Waals surface area contributed by atoms with E-state index in [0.29, 0.717) is 17.0 Å². The maximum atomic E-state index is 13.5. The van der Waals surface area contributed by atoms with Crippen molar-refractivity contribution in [1.82, 2.24) is 20.6 Å². The number of hydrogen-bond donors (Lipinski definition) is 2. The molecule has 2 aromatic heterocycles. The Bertz CT molecular complexity index is 1360. The summed E-state index contributed by atoms with van der Waals surface area (Å²) in [5, 5.41) is 7.58. The molecule has 0 saturated heterocycles. The van der Waals surface area contributed by atoms with Crippen LogP contribution in [0.5, 0.6) is 0 Å². The van der Waals surface area contributed by atoms with Crippen LogP contribution >= 0.6 is 22.7 Å². The molecule has 4 rings (SSSR count). The van der Waals surface area contributed by atoms with Crippen LogP contribution in [0.25, 0.3) is 10.6 Å². The minimum Gasteiger partial charge on any atom is -0.344 e. The van der Waals surface area contributed by atoms with Crippen LogP contribution in [0.4, 0.5) is 8.78 Å². The zero-order valence-corrected chi connectivity index (χ0v) is 20.4. The highest BCUT2D eigenvalue weighted by Crippen LogP contribution is 2.25. The first-order valence-electron chi connectivity index (χ1n) is 10.9. The maximum Gasteiger partial charge on any atom is 0.263 e. The molecule has 2 aromatic carbocycles. The summed E-state index contributed by atoms with van der Waals surface area (Å²) in [6.07, 6.45) is 3.56. The van der Waals surface area contributed by atoms with Crippen LogP contribution in [-0.2, 0) is 11.2 Å². The van der Waals surface area contributed by atoms with Gasteiger partial charge in [0.25, 0.3) is 5.91 Å². The third-order valence-corrected chi connectivity index (χ3v) is 6.97. The number of ketones is 1. The Hall–Kier alpha value is -3.83. The fourth-order valence-corrected chi connectivity index (χ4v) is 4.81. The number of nitrogens with one attached hydrogen (secondary N) is 2. The second-order valence-electron chi connectivity index (χ2n) is 7.71. The molecule has 0 aliphatic rings. The fourth-order valence-electron chi connectivity index (χ4n) is 3.35. The molecular weight excluding hydrogens is 506 g/mol. The third-order valence-electron chi connectivity index (χ3n) is 5.14. The van der Waals surface area contributed by atoms with Gasteiger partial charge in [0.1, 0.15) is 21.5 Å². The average molecular weight is 527 g/mol. The van der Waals surface area contributed by atoms with E-state index in [2.05, 4.69) is 20.6 Å². The van der Waals surface area contributed by atoms with E-state index in [9.17, 15) is 23.2 Å². The first-order valence-corrected chi connectivity index (χ1v) is 12.6. The summed E-state index contributed by atoms with van der Waals surface area (Å²) < 4.78 is 26.6. The van der Waals surface area contributed by atoms with Gasteiger partial charge in [-0.2, -0.15) is 0 Å². The number of amides is 2. The minimum absolute atomic E-state index is 0.258. The first-order chi connectivity index (χ1) is 17.4. The molecule has 36 heavy (non-hydrogen) atoms. The van der Waals surface area contributed by atoms with Gasteiger partial charge in [-0.25, -0.2) is 18.7 Å². The predicted octanol–water partition coefficient (Wildman–Crippen LogP) is 4.28. The van der Waals surface area contributed by atoms with E-state index in [4.69, 9.17) is 0 Å². The molecule has 0 radical (unpaired) electrons. The van der Waals surface area contributed by atoms with Crippen molar-refractivity contribution in [2.45, 2.75) is 18.9 Å². The second-order valence-corrected chi connectivity index (χ2v) is 9.63. The van der Waals surface area contributed by atoms with E-state index in [0.717, 1.165) is 16.9 Å². The Morgan fingerprint density at radius 3 is 2.53 bits per heavy atom. The highest BCUT2D eigenvalue weighted by Gasteiger charge is 2.24. The predicted molar refractivity (Wildman–Crippen MR) is 133 cm³/mol. The van der Waals surface area contributed by atoms with Crippen molar-refractivity contribution in [1.29, 1.82) is 0 Å². The summed E-state index contributed by atoms with van der Waals surface area (Å²) >= 11 is 2.24. The van der Waals surface area contributed by atoms with Gasteiger partial charge >= 0.3 is 0 Å². The summed E-state index contributed by atoms with van der Waals surface area (Å²) in [6.45, 7) is -0.357. The second kappa shape index (κ2) is 11.7. The molecular formula is C25H20F2N4O3S2. The Morgan fingerprint density at radius 2 is 1.81 bits per heavy atom. The highest BCUT2D eigenvalue weighted by molar-refractivity contribution is 7.16. The number of aromatic nitrogens is 2. The molecule has 2 N–H and O–H groups in total. The van der Waals surface area contributed by atoms with E-state index in [-0.39, 0.29) is 34.5 Å². The average Bonchev–Trinajstić information content (AvgIpc) is 3.59. The van der Waals surface area contributed by atoms with Crippen LogP contribution in [-0.4, -0.2) is 40.2 Å². The van der Waals surface area contributed by atoms with Crippen molar-refractivity contribution < 1.29 is 23.2 Å². The van der Waals surface area contributed by atoms with Crippen molar-refractivity contribution in [3.8, 4) is 10.6 Å². The molecule has 7 nitrogen and oxygen atoms in total. The van der Waals surface area contributed by atoms with Crippen molar-refractivity contribution in [3.05, 3.63) is 93.4 Å². The number of carbonyl (C=O) groups is 3. The molecule has 0 fully saturated rings. The van der Waals surface area contributed by atoms with Crippen LogP contribution in [0.3, 0.4) is 0 Å². The number of hydrogen-bond acceptors (Lipinski definition) is 7. The molecule has 1 atom stereocenters. The monoisotopic (exact) mass is 526 g/mol. The van der Waals surface area contributed by atoms with Crippen LogP contribution in [0.2, 0.25) is 0 Å². The van der Waals surface area contributed by atoms with E-state index in [1.54, 1.807) is 29.6 Å². The number of rotatable bonds is 10. The number of halogens is 2. The molecule has 0 aliphatic heterocycles. The van der Waals surface area contributed by atoms with E-state index in [1.165, 1.54) is 48.0 Å². The fraction of sp³-hybridized carbons (Fsp3) is 0.160. The Kier molecular flexibility index (Phi) is 8.24. The van der Waals surface area contributed by atoms with Gasteiger partial charge in [0, 0.05) is 17.1 Å². The van der Waals surface area contributed by atoms with Crippen molar-refractivity contribution >= 4 is 40.3 Å². The topological polar surface area (TPSA) is 101 Å². The highest BCUT2D eigenvalue weighted by atomic mass is 32.1. The Morgan fingerprint density at radius 1 is 1.00 bits per heavy atom. The molecule has 11 heteroatoms. The van der Waals surface area contributed by atoms with E-state index in [1.807, 2.05) is 0 Å². The molecule has 2 amide bonds. The van der Waals surface area contributed by atoms with Gasteiger partial charge in [-0.05, 0) is 42.7 Å². The number of nitrogens with zero attached hydrogens (tertiary/aromatic N) is 2. The number of benzene rings is 2. The largest absolute Gasteiger partial charge is 0.344 e. The smallest absolute Gasteiger partial charge is 0.263 e. The van der Waals surface area contributed by atoms with Crippen LogP contribution in [0.15, 0.2) is 66.3 Å². The molecule has 2 heterocycles. The lowest BCUT2D eigenvalue weighted by Gasteiger charge is -2.17. The van der Waals surface area contributed by atoms with Gasteiger partial charge in [0.15, 0.2) is 5.01 Å². The number of thiazole rings is 2. The quantitative estimate of drug-likeness (QED) is 0.301. The van der Waals surface area contributed by atoms with Gasteiger partial charge < -0.3 is 10.6 Å². The number of Topliss-reactive ketones (excluding diaryl/α,β-unsaturated/α-hetero) is 1. The molecule has 0 aliphatic carbocycles. The molecule has 0 saturated carbocycles. The van der Waals surface area contributed by atoms with Gasteiger partial charge in [-0.1, -0.05) is 24.3 Å². The van der Waals surface area contributed by atoms with Crippen LogP contribution in [0, 0.1) is 11.6 Å². The van der Waals surface area contributed by atoms with Gasteiger partial charge in [0.05, 0.1) is 18.8 Å². The summed E-state index contributed by atoms with van der Waals surface area (Å²) in [5.41, 5.74) is 1.36. The third kappa shape index (κ3) is 6.64. The van der Waals surface area contributed by atoms with Gasteiger partial charge in [-0.15, -0.1) is 22.7 Å². The summed E-state index contributed by atoms with van der Waals surface area (Å²) in [6, 6.07) is 10.9. The van der Waals surface area contributed by atoms with Gasteiger partial charge in [-0.3, -0.25) is 14.4 Å². The SMILES string of the molecule is O=C(CNC(=O)c1cnc(-c2cccc(F)c2)s1)NC(CCc1ccc(F)cc1)C(=O)c1nccs1. The van der Waals surface area contributed by atoms with Crippen molar-refractivity contribution in [3.63, 3.8) is 0 Å². The maximum absolute atomic E-state index is 13.5. The molecule has 0 bridgehead atoms. The molecule has 4 aromatic rings. The number of carbonyl (C=O) groups excluding carboxylic acids is 3. The zero-order valence-electron chi connectivity index (χ0n) is 18.7. The first kappa shape index (κ1) is 25.3. The Balaban J connectivity index is 1.36. The zero-order chi connectivity index (χ0) is 25.5. The van der Waals surface area contributed by atoms with E-state index < -0.39 is 23.7 Å². The van der Waals surface area contributed by atoms with Crippen LogP contribution in [0.1, 0.15) is 31.5 Å². The normalized spacial score (nSPS) is 11.6. The summed E-state index contributed by atoms with van der Waals surface area (Å²) in [4.78, 5) is 46.4. The Labute approximate surface area is 213 Å². The lowest BCUT2D eigenvalue weighted by atomic mass is 10.0. The summed E-state index contributed by atoms with van der Waals surface area (Å²) in [5.74, 6) is -2.17. The molecule has 1 unspecified atom stereocenters. The van der Waals surface area contributed by atoms with Crippen molar-refractivity contribution in [2.24, 2.45) is 0 Å². The summed E-state index contributed by atoms with van der Waals surface area (Å²) in [7, 11) is 0.